The molecule has 0 radical (unpaired) electrons. The molecule has 0 N–H and O–H groups in total. The smallest absolute Gasteiger partial charge is 0.253 e. The molecule has 1 amide bonds. The maximum atomic E-state index is 13.0. The highest BCUT2D eigenvalue weighted by Crippen LogP contribution is 2.25. The van der Waals surface area contributed by atoms with Gasteiger partial charge < -0.3 is 14.4 Å². The van der Waals surface area contributed by atoms with Crippen LogP contribution in [0.25, 0.3) is 0 Å². The largest absolute Gasteiger partial charge is 0.496 e. The number of aryl methyl sites for hydroxylation is 3. The molecule has 0 fully saturated rings. The molecule has 0 unspecified atom stereocenters. The van der Waals surface area contributed by atoms with Crippen molar-refractivity contribution >= 4 is 5.91 Å². The van der Waals surface area contributed by atoms with Crippen molar-refractivity contribution in [3.8, 4) is 11.5 Å². The maximum Gasteiger partial charge on any atom is 0.253 e. The molecular formula is C24H29N3O3. The lowest BCUT2D eigenvalue weighted by molar-refractivity contribution is 0.0783. The van der Waals surface area contributed by atoms with Crippen molar-refractivity contribution in [3.63, 3.8) is 0 Å². The molecular weight excluding hydrogens is 378 g/mol. The molecule has 0 bridgehead atoms. The average Bonchev–Trinajstić information content (AvgIpc) is 3.21. The van der Waals surface area contributed by atoms with Gasteiger partial charge in [-0.15, -0.1) is 0 Å². The van der Waals surface area contributed by atoms with Crippen molar-refractivity contribution in [3.05, 3.63) is 76.6 Å². The summed E-state index contributed by atoms with van der Waals surface area (Å²) in [6.07, 6.45) is 1.92. The molecule has 2 aromatic carbocycles. The first-order valence-corrected chi connectivity index (χ1v) is 10.1. The van der Waals surface area contributed by atoms with Gasteiger partial charge in [-0.3, -0.25) is 9.48 Å². The molecule has 0 aliphatic carbocycles. The second-order valence-corrected chi connectivity index (χ2v) is 7.41. The Balaban J connectivity index is 1.75. The number of aromatic nitrogens is 2. The molecule has 30 heavy (non-hydrogen) atoms. The average molecular weight is 408 g/mol. The maximum absolute atomic E-state index is 13.0. The Morgan fingerprint density at radius 3 is 2.60 bits per heavy atom. The van der Waals surface area contributed by atoms with E-state index in [1.807, 2.05) is 62.0 Å². The molecule has 0 saturated carbocycles. The summed E-state index contributed by atoms with van der Waals surface area (Å²) in [7, 11) is 3.40. The fourth-order valence-corrected chi connectivity index (χ4v) is 3.24. The Labute approximate surface area is 178 Å². The van der Waals surface area contributed by atoms with Crippen molar-refractivity contribution < 1.29 is 14.3 Å². The van der Waals surface area contributed by atoms with Crippen LogP contribution >= 0.6 is 0 Å². The van der Waals surface area contributed by atoms with Crippen LogP contribution in [0.1, 0.15) is 39.7 Å². The van der Waals surface area contributed by atoms with E-state index in [4.69, 9.17) is 9.47 Å². The van der Waals surface area contributed by atoms with Crippen LogP contribution in [0, 0.1) is 13.8 Å². The minimum Gasteiger partial charge on any atom is -0.496 e. The molecule has 3 rings (SSSR count). The van der Waals surface area contributed by atoms with E-state index in [2.05, 4.69) is 11.2 Å². The highest BCUT2D eigenvalue weighted by atomic mass is 16.5. The van der Waals surface area contributed by atoms with Gasteiger partial charge >= 0.3 is 0 Å². The van der Waals surface area contributed by atoms with E-state index in [-0.39, 0.29) is 5.91 Å². The van der Waals surface area contributed by atoms with Crippen molar-refractivity contribution in [1.82, 2.24) is 14.7 Å². The van der Waals surface area contributed by atoms with Gasteiger partial charge in [0.2, 0.25) is 0 Å². The lowest BCUT2D eigenvalue weighted by Gasteiger charge is -2.18. The summed E-state index contributed by atoms with van der Waals surface area (Å²) < 4.78 is 13.4. The monoisotopic (exact) mass is 407 g/mol. The highest BCUT2D eigenvalue weighted by molar-refractivity contribution is 5.94. The molecule has 0 saturated heterocycles. The van der Waals surface area contributed by atoms with Crippen LogP contribution in [-0.2, 0) is 19.7 Å². The number of rotatable bonds is 8. The normalized spacial score (nSPS) is 10.7. The van der Waals surface area contributed by atoms with Crippen molar-refractivity contribution in [2.24, 2.45) is 0 Å². The van der Waals surface area contributed by atoms with E-state index in [9.17, 15) is 4.79 Å². The number of hydrogen-bond acceptors (Lipinski definition) is 4. The summed E-state index contributed by atoms with van der Waals surface area (Å²) in [4.78, 5) is 14.6. The van der Waals surface area contributed by atoms with E-state index in [1.54, 1.807) is 25.1 Å². The van der Waals surface area contributed by atoms with Gasteiger partial charge in [0.25, 0.3) is 5.91 Å². The number of hydrogen-bond donors (Lipinski definition) is 0. The zero-order chi connectivity index (χ0) is 21.7. The first-order chi connectivity index (χ1) is 14.4. The third-order valence-electron chi connectivity index (χ3n) is 5.02. The Morgan fingerprint density at radius 1 is 1.10 bits per heavy atom. The zero-order valence-corrected chi connectivity index (χ0v) is 18.3. The minimum absolute atomic E-state index is 0.0725. The van der Waals surface area contributed by atoms with Gasteiger partial charge in [-0.25, -0.2) is 0 Å². The van der Waals surface area contributed by atoms with E-state index >= 15 is 0 Å². The van der Waals surface area contributed by atoms with Crippen LogP contribution in [0.4, 0.5) is 0 Å². The first kappa shape index (κ1) is 21.4. The number of methoxy groups -OCH3 is 1. The fraction of sp³-hybridized carbons (Fsp3) is 0.333. The summed E-state index contributed by atoms with van der Waals surface area (Å²) in [6.45, 7) is 7.66. The molecule has 0 aliphatic rings. The highest BCUT2D eigenvalue weighted by Gasteiger charge is 2.16. The molecule has 0 aliphatic heterocycles. The first-order valence-electron chi connectivity index (χ1n) is 10.1. The van der Waals surface area contributed by atoms with Crippen LogP contribution in [-0.4, -0.2) is 34.7 Å². The minimum atomic E-state index is -0.0725. The topological polar surface area (TPSA) is 56.6 Å². The molecule has 3 aromatic rings. The molecule has 1 heterocycles. The van der Waals surface area contributed by atoms with Gasteiger partial charge in [0.05, 0.1) is 19.3 Å². The van der Waals surface area contributed by atoms with Crippen LogP contribution in [0.2, 0.25) is 0 Å². The van der Waals surface area contributed by atoms with Gasteiger partial charge in [0.1, 0.15) is 18.1 Å². The summed E-state index contributed by atoms with van der Waals surface area (Å²) in [5.74, 6) is 1.45. The lowest BCUT2D eigenvalue weighted by atomic mass is 10.1. The van der Waals surface area contributed by atoms with E-state index < -0.39 is 0 Å². The van der Waals surface area contributed by atoms with Crippen LogP contribution in [0.3, 0.4) is 0 Å². The van der Waals surface area contributed by atoms with Crippen LogP contribution in [0.15, 0.2) is 48.7 Å². The molecule has 158 valence electrons. The SMILES string of the molecule is CCn1ccc(CN(C)C(=O)c2ccc(OC)c(COc3cc(C)ccc3C)c2)n1. The fourth-order valence-electron chi connectivity index (χ4n) is 3.24. The summed E-state index contributed by atoms with van der Waals surface area (Å²) in [5, 5.41) is 4.45. The second kappa shape index (κ2) is 9.48. The zero-order valence-electron chi connectivity index (χ0n) is 18.3. The Hall–Kier alpha value is -3.28. The summed E-state index contributed by atoms with van der Waals surface area (Å²) >= 11 is 0. The number of carbonyl (C=O) groups is 1. The van der Waals surface area contributed by atoms with Crippen LogP contribution < -0.4 is 9.47 Å². The van der Waals surface area contributed by atoms with Gasteiger partial charge in [-0.05, 0) is 62.2 Å². The van der Waals surface area contributed by atoms with Gasteiger partial charge in [0.15, 0.2) is 0 Å². The summed E-state index contributed by atoms with van der Waals surface area (Å²) in [5.41, 5.74) is 4.48. The predicted molar refractivity (Wildman–Crippen MR) is 117 cm³/mol. The predicted octanol–water partition coefficient (Wildman–Crippen LogP) is 4.38. The molecule has 0 spiro atoms. The van der Waals surface area contributed by atoms with Gasteiger partial charge in [0, 0.05) is 30.9 Å². The quantitative estimate of drug-likeness (QED) is 0.556. The van der Waals surface area contributed by atoms with E-state index in [1.165, 1.54) is 0 Å². The third kappa shape index (κ3) is 5.00. The standard InChI is InChI=1S/C24H29N3O3/c1-6-27-12-11-21(25-27)15-26(4)24(28)19-9-10-22(29-5)20(14-19)16-30-23-13-17(2)7-8-18(23)3/h7-14H,6,15-16H2,1-5H3. The van der Waals surface area contributed by atoms with E-state index in [0.717, 1.165) is 34.7 Å². The Morgan fingerprint density at radius 2 is 1.90 bits per heavy atom. The number of benzene rings is 2. The molecule has 1 aromatic heterocycles. The van der Waals surface area contributed by atoms with Crippen LogP contribution in [0.5, 0.6) is 11.5 Å². The number of nitrogens with zero attached hydrogens (tertiary/aromatic N) is 3. The van der Waals surface area contributed by atoms with Gasteiger partial charge in [-0.2, -0.15) is 5.10 Å². The molecule has 0 atom stereocenters. The number of carbonyl (C=O) groups excluding carboxylic acids is 1. The summed E-state index contributed by atoms with van der Waals surface area (Å²) in [6, 6.07) is 13.5. The Bertz CT molecular complexity index is 1030. The molecule has 6 nitrogen and oxygen atoms in total. The van der Waals surface area contributed by atoms with E-state index in [0.29, 0.717) is 24.5 Å². The lowest BCUT2D eigenvalue weighted by Crippen LogP contribution is -2.26. The van der Waals surface area contributed by atoms with Crippen molar-refractivity contribution in [1.29, 1.82) is 0 Å². The van der Waals surface area contributed by atoms with Gasteiger partial charge in [-0.1, -0.05) is 12.1 Å². The second-order valence-electron chi connectivity index (χ2n) is 7.41. The van der Waals surface area contributed by atoms with Crippen molar-refractivity contribution in [2.45, 2.75) is 40.5 Å². The third-order valence-corrected chi connectivity index (χ3v) is 5.02. The molecule has 6 heteroatoms. The number of ether oxygens (including phenoxy) is 2. The van der Waals surface area contributed by atoms with Crippen molar-refractivity contribution in [2.75, 3.05) is 14.2 Å². The Kier molecular flexibility index (Phi) is 6.77. The number of amides is 1.